The summed E-state index contributed by atoms with van der Waals surface area (Å²) in [6.45, 7) is 4.11. The highest BCUT2D eigenvalue weighted by atomic mass is 79.9. The highest BCUT2D eigenvalue weighted by Crippen LogP contribution is 2.36. The van der Waals surface area contributed by atoms with Gasteiger partial charge in [-0.05, 0) is 55.8 Å². The van der Waals surface area contributed by atoms with E-state index in [-0.39, 0.29) is 11.4 Å². The number of hydrogen-bond acceptors (Lipinski definition) is 2. The van der Waals surface area contributed by atoms with Crippen molar-refractivity contribution in [3.05, 3.63) is 62.0 Å². The monoisotopic (exact) mass is 408 g/mol. The van der Waals surface area contributed by atoms with E-state index in [1.807, 2.05) is 36.4 Å². The predicted molar refractivity (Wildman–Crippen MR) is 90.1 cm³/mol. The first-order valence-electron chi connectivity index (χ1n) is 6.67. The van der Waals surface area contributed by atoms with Crippen molar-refractivity contribution in [2.75, 3.05) is 0 Å². The van der Waals surface area contributed by atoms with Crippen molar-refractivity contribution < 1.29 is 9.53 Å². The predicted octanol–water partition coefficient (Wildman–Crippen LogP) is 5.16. The van der Waals surface area contributed by atoms with Crippen molar-refractivity contribution in [3.63, 3.8) is 0 Å². The number of carbonyl (C=O) groups excluding carboxylic acids is 1. The Labute approximate surface area is 140 Å². The molecule has 0 saturated carbocycles. The van der Waals surface area contributed by atoms with Gasteiger partial charge >= 0.3 is 0 Å². The van der Waals surface area contributed by atoms with E-state index in [0.29, 0.717) is 11.1 Å². The van der Waals surface area contributed by atoms with Gasteiger partial charge in [0.05, 0.1) is 0 Å². The fourth-order valence-electron chi connectivity index (χ4n) is 2.58. The summed E-state index contributed by atoms with van der Waals surface area (Å²) in [6.07, 6.45) is 0.823. The number of ether oxygens (including phenoxy) is 1. The van der Waals surface area contributed by atoms with Crippen LogP contribution in [-0.2, 0) is 6.42 Å². The third-order valence-corrected chi connectivity index (χ3v) is 4.68. The van der Waals surface area contributed by atoms with Gasteiger partial charge in [0.1, 0.15) is 11.4 Å². The quantitative estimate of drug-likeness (QED) is 0.640. The SMILES string of the molecule is CC1(C)Cc2cc(C(=O)c3cc(Br)ccc3Br)ccc2O1. The van der Waals surface area contributed by atoms with Crippen LogP contribution in [0, 0.1) is 0 Å². The van der Waals surface area contributed by atoms with Crippen LogP contribution in [-0.4, -0.2) is 11.4 Å². The number of carbonyl (C=O) groups is 1. The molecule has 21 heavy (non-hydrogen) atoms. The molecule has 2 aromatic carbocycles. The smallest absolute Gasteiger partial charge is 0.194 e. The van der Waals surface area contributed by atoms with E-state index in [1.165, 1.54) is 0 Å². The maximum Gasteiger partial charge on any atom is 0.194 e. The fourth-order valence-corrected chi connectivity index (χ4v) is 3.37. The summed E-state index contributed by atoms with van der Waals surface area (Å²) in [5.74, 6) is 0.889. The van der Waals surface area contributed by atoms with Crippen molar-refractivity contribution in [2.45, 2.75) is 25.9 Å². The van der Waals surface area contributed by atoms with E-state index in [2.05, 4.69) is 45.7 Å². The van der Waals surface area contributed by atoms with Gasteiger partial charge < -0.3 is 4.74 Å². The first-order valence-corrected chi connectivity index (χ1v) is 8.26. The molecule has 4 heteroatoms. The van der Waals surface area contributed by atoms with Gasteiger partial charge in [0, 0.05) is 26.5 Å². The van der Waals surface area contributed by atoms with Crippen LogP contribution in [0.5, 0.6) is 5.75 Å². The minimum atomic E-state index is -0.194. The molecule has 3 rings (SSSR count). The zero-order valence-corrected chi connectivity index (χ0v) is 14.9. The number of rotatable bonds is 2. The second-order valence-electron chi connectivity index (χ2n) is 5.81. The van der Waals surface area contributed by atoms with Gasteiger partial charge in [0.2, 0.25) is 0 Å². The third-order valence-electron chi connectivity index (χ3n) is 3.50. The Bertz CT molecular complexity index is 736. The second kappa shape index (κ2) is 5.25. The van der Waals surface area contributed by atoms with Crippen molar-refractivity contribution in [3.8, 4) is 5.75 Å². The number of fused-ring (bicyclic) bond motifs is 1. The highest BCUT2D eigenvalue weighted by Gasteiger charge is 2.30. The van der Waals surface area contributed by atoms with Crippen LogP contribution in [0.25, 0.3) is 0 Å². The normalized spacial score (nSPS) is 15.4. The summed E-state index contributed by atoms with van der Waals surface area (Å²) >= 11 is 6.85. The van der Waals surface area contributed by atoms with Crippen LogP contribution in [0.2, 0.25) is 0 Å². The molecule has 0 N–H and O–H groups in total. The van der Waals surface area contributed by atoms with E-state index in [0.717, 1.165) is 26.7 Å². The summed E-state index contributed by atoms with van der Waals surface area (Å²) in [5, 5.41) is 0. The lowest BCUT2D eigenvalue weighted by Gasteiger charge is -2.16. The standard InChI is InChI=1S/C17H14Br2O2/c1-17(2)9-11-7-10(3-6-15(11)21-17)16(20)13-8-12(18)4-5-14(13)19/h3-8H,9H2,1-2H3. The van der Waals surface area contributed by atoms with E-state index < -0.39 is 0 Å². The average Bonchev–Trinajstić information content (AvgIpc) is 2.73. The topological polar surface area (TPSA) is 26.3 Å². The summed E-state index contributed by atoms with van der Waals surface area (Å²) in [6, 6.07) is 11.3. The number of benzene rings is 2. The van der Waals surface area contributed by atoms with Crippen LogP contribution in [0.15, 0.2) is 45.3 Å². The molecular formula is C17H14Br2O2. The van der Waals surface area contributed by atoms with Gasteiger partial charge in [-0.1, -0.05) is 31.9 Å². The maximum absolute atomic E-state index is 12.7. The zero-order chi connectivity index (χ0) is 15.2. The van der Waals surface area contributed by atoms with Crippen LogP contribution in [0.1, 0.15) is 35.3 Å². The van der Waals surface area contributed by atoms with Gasteiger partial charge in [0.15, 0.2) is 5.78 Å². The first kappa shape index (κ1) is 14.8. The molecule has 0 saturated heterocycles. The second-order valence-corrected chi connectivity index (χ2v) is 7.58. The maximum atomic E-state index is 12.7. The zero-order valence-electron chi connectivity index (χ0n) is 11.7. The molecule has 1 heterocycles. The summed E-state index contributed by atoms with van der Waals surface area (Å²) in [5.41, 5.74) is 2.24. The molecule has 0 spiro atoms. The third kappa shape index (κ3) is 2.92. The number of halogens is 2. The van der Waals surface area contributed by atoms with Crippen molar-refractivity contribution >= 4 is 37.6 Å². The molecule has 1 aliphatic heterocycles. The van der Waals surface area contributed by atoms with Gasteiger partial charge in [-0.3, -0.25) is 4.79 Å². The van der Waals surface area contributed by atoms with Gasteiger partial charge in [-0.2, -0.15) is 0 Å². The van der Waals surface area contributed by atoms with Crippen LogP contribution in [0.3, 0.4) is 0 Å². The summed E-state index contributed by atoms with van der Waals surface area (Å²) in [4.78, 5) is 12.7. The minimum Gasteiger partial charge on any atom is -0.487 e. The Morgan fingerprint density at radius 2 is 1.90 bits per heavy atom. The van der Waals surface area contributed by atoms with Crippen LogP contribution >= 0.6 is 31.9 Å². The summed E-state index contributed by atoms with van der Waals surface area (Å²) < 4.78 is 7.54. The van der Waals surface area contributed by atoms with E-state index in [4.69, 9.17) is 4.74 Å². The minimum absolute atomic E-state index is 0.00989. The molecular weight excluding hydrogens is 396 g/mol. The molecule has 0 unspecified atom stereocenters. The molecule has 108 valence electrons. The average molecular weight is 410 g/mol. The lowest BCUT2D eigenvalue weighted by atomic mass is 9.97. The van der Waals surface area contributed by atoms with E-state index >= 15 is 0 Å². The van der Waals surface area contributed by atoms with Crippen LogP contribution < -0.4 is 4.74 Å². The fraction of sp³-hybridized carbons (Fsp3) is 0.235. The molecule has 0 aromatic heterocycles. The molecule has 0 aliphatic carbocycles. The molecule has 2 aromatic rings. The first-order chi connectivity index (χ1) is 9.85. The Hall–Kier alpha value is -1.13. The van der Waals surface area contributed by atoms with Crippen molar-refractivity contribution in [2.24, 2.45) is 0 Å². The van der Waals surface area contributed by atoms with E-state index in [1.54, 1.807) is 0 Å². The van der Waals surface area contributed by atoms with Crippen molar-refractivity contribution in [1.29, 1.82) is 0 Å². The highest BCUT2D eigenvalue weighted by molar-refractivity contribution is 9.11. The Balaban J connectivity index is 1.99. The number of ketones is 1. The molecule has 0 fully saturated rings. The van der Waals surface area contributed by atoms with Gasteiger partial charge in [-0.15, -0.1) is 0 Å². The lowest BCUT2D eigenvalue weighted by molar-refractivity contribution is 0.103. The van der Waals surface area contributed by atoms with Crippen LogP contribution in [0.4, 0.5) is 0 Å². The molecule has 0 atom stereocenters. The summed E-state index contributed by atoms with van der Waals surface area (Å²) in [7, 11) is 0. The Morgan fingerprint density at radius 3 is 2.67 bits per heavy atom. The molecule has 0 bridgehead atoms. The lowest BCUT2D eigenvalue weighted by Crippen LogP contribution is -2.24. The molecule has 2 nitrogen and oxygen atoms in total. The van der Waals surface area contributed by atoms with Gasteiger partial charge in [-0.25, -0.2) is 0 Å². The van der Waals surface area contributed by atoms with Gasteiger partial charge in [0.25, 0.3) is 0 Å². The molecule has 0 radical (unpaired) electrons. The number of hydrogen-bond donors (Lipinski definition) is 0. The van der Waals surface area contributed by atoms with Crippen molar-refractivity contribution in [1.82, 2.24) is 0 Å². The Kier molecular flexibility index (Phi) is 3.70. The largest absolute Gasteiger partial charge is 0.487 e. The van der Waals surface area contributed by atoms with E-state index in [9.17, 15) is 4.79 Å². The Morgan fingerprint density at radius 1 is 1.14 bits per heavy atom. The molecule has 1 aliphatic rings. The molecule has 0 amide bonds.